The van der Waals surface area contributed by atoms with E-state index in [1.165, 1.54) is 0 Å². The molecule has 0 unspecified atom stereocenters. The minimum atomic E-state index is -1.16. The van der Waals surface area contributed by atoms with Gasteiger partial charge in [0.15, 0.2) is 0 Å². The second kappa shape index (κ2) is 12.8. The van der Waals surface area contributed by atoms with E-state index < -0.39 is 24.0 Å². The van der Waals surface area contributed by atoms with Gasteiger partial charge in [-0.1, -0.05) is 27.7 Å². The molecule has 0 spiro atoms. The van der Waals surface area contributed by atoms with Crippen LogP contribution in [0.3, 0.4) is 0 Å². The third-order valence-corrected chi connectivity index (χ3v) is 2.06. The van der Waals surface area contributed by atoms with Gasteiger partial charge in [-0.15, -0.1) is 0 Å². The molecule has 110 valence electrons. The molecular formula is C12H24N2O4Pb. The first-order chi connectivity index (χ1) is 8.07. The van der Waals surface area contributed by atoms with Crippen molar-refractivity contribution in [1.82, 2.24) is 0 Å². The van der Waals surface area contributed by atoms with Crippen LogP contribution in [-0.4, -0.2) is 51.3 Å². The molecule has 0 bridgehead atoms. The van der Waals surface area contributed by atoms with E-state index in [-0.39, 0.29) is 27.3 Å². The van der Waals surface area contributed by atoms with Crippen molar-refractivity contribution in [3.05, 3.63) is 0 Å². The Hall–Kier alpha value is -0.218. The maximum atomic E-state index is 10.00. The number of hydrogen-bond acceptors (Lipinski definition) is 6. The van der Waals surface area contributed by atoms with Crippen molar-refractivity contribution < 1.29 is 19.8 Å². The molecule has 7 heteroatoms. The SMILES string of the molecule is CC(C)C[C@H](N)C(=O)[O-].CC(C)C[C@H](N)C(=O)[O-].[Pb+2]. The zero-order valence-corrected chi connectivity index (χ0v) is 15.9. The standard InChI is InChI=1S/2C6H13NO2.Pb/c2*1-4(2)3-5(7)6(8)9;/h2*4-5H,3,7H2,1-2H3,(H,8,9);/q;;+2/p-2/t2*5-;/m00./s1. The van der Waals surface area contributed by atoms with Crippen molar-refractivity contribution in [2.45, 2.75) is 52.6 Å². The third kappa shape index (κ3) is 17.8. The average molecular weight is 468 g/mol. The minimum Gasteiger partial charge on any atom is -0.548 e. The number of hydrogen-bond donors (Lipinski definition) is 2. The van der Waals surface area contributed by atoms with Gasteiger partial charge in [-0.25, -0.2) is 0 Å². The molecule has 19 heavy (non-hydrogen) atoms. The van der Waals surface area contributed by atoms with Crippen LogP contribution in [0.5, 0.6) is 0 Å². The van der Waals surface area contributed by atoms with E-state index in [2.05, 4.69) is 0 Å². The van der Waals surface area contributed by atoms with Crippen molar-refractivity contribution in [1.29, 1.82) is 0 Å². The molecule has 0 aromatic carbocycles. The Kier molecular flexibility index (Phi) is 16.1. The first-order valence-corrected chi connectivity index (χ1v) is 6.00. The normalized spacial score (nSPS) is 13.1. The molecular weight excluding hydrogens is 443 g/mol. The second-order valence-corrected chi connectivity index (χ2v) is 5.11. The first-order valence-electron chi connectivity index (χ1n) is 6.00. The summed E-state index contributed by atoms with van der Waals surface area (Å²) < 4.78 is 0. The van der Waals surface area contributed by atoms with Crippen molar-refractivity contribution >= 4 is 39.2 Å². The molecule has 4 N–H and O–H groups in total. The molecule has 2 atom stereocenters. The van der Waals surface area contributed by atoms with Gasteiger partial charge in [-0.2, -0.15) is 0 Å². The molecule has 6 nitrogen and oxygen atoms in total. The van der Waals surface area contributed by atoms with Crippen molar-refractivity contribution in [3.8, 4) is 0 Å². The van der Waals surface area contributed by atoms with E-state index in [4.69, 9.17) is 11.5 Å². The average Bonchev–Trinajstić information content (AvgIpc) is 2.16. The third-order valence-electron chi connectivity index (χ3n) is 2.06. The molecule has 0 heterocycles. The van der Waals surface area contributed by atoms with E-state index in [9.17, 15) is 19.8 Å². The Morgan fingerprint density at radius 2 is 1.05 bits per heavy atom. The van der Waals surface area contributed by atoms with E-state index in [0.29, 0.717) is 24.7 Å². The fourth-order valence-corrected chi connectivity index (χ4v) is 1.21. The summed E-state index contributed by atoms with van der Waals surface area (Å²) in [6.07, 6.45) is 0.977. The van der Waals surface area contributed by atoms with Crippen LogP contribution in [0.25, 0.3) is 0 Å². The molecule has 2 radical (unpaired) electrons. The van der Waals surface area contributed by atoms with Gasteiger partial charge in [0.25, 0.3) is 0 Å². The van der Waals surface area contributed by atoms with Crippen LogP contribution in [0.2, 0.25) is 0 Å². The Labute approximate surface area is 135 Å². The zero-order chi connectivity index (χ0) is 14.9. The van der Waals surface area contributed by atoms with Crippen LogP contribution >= 0.6 is 0 Å². The molecule has 0 aromatic rings. The van der Waals surface area contributed by atoms with Gasteiger partial charge >= 0.3 is 27.3 Å². The van der Waals surface area contributed by atoms with Crippen molar-refractivity contribution in [2.24, 2.45) is 23.3 Å². The molecule has 0 rings (SSSR count). The van der Waals surface area contributed by atoms with E-state index in [0.717, 1.165) is 0 Å². The molecule has 0 saturated heterocycles. The Morgan fingerprint density at radius 3 is 1.11 bits per heavy atom. The maximum absolute atomic E-state index is 10.00. The van der Waals surface area contributed by atoms with Crippen LogP contribution < -0.4 is 21.7 Å². The maximum Gasteiger partial charge on any atom is 2.00 e. The number of carboxylic acid groups (broad SMARTS) is 2. The van der Waals surface area contributed by atoms with Gasteiger partial charge in [-0.05, 0) is 24.7 Å². The summed E-state index contributed by atoms with van der Waals surface area (Å²) in [5, 5.41) is 20.0. The fraction of sp³-hybridized carbons (Fsp3) is 0.833. The molecule has 0 aliphatic carbocycles. The van der Waals surface area contributed by atoms with Crippen LogP contribution in [0.4, 0.5) is 0 Å². The second-order valence-electron chi connectivity index (χ2n) is 5.11. The van der Waals surface area contributed by atoms with Crippen LogP contribution in [0.1, 0.15) is 40.5 Å². The van der Waals surface area contributed by atoms with Crippen LogP contribution in [-0.2, 0) is 9.59 Å². The fourth-order valence-electron chi connectivity index (χ4n) is 1.21. The number of carbonyl (C=O) groups is 2. The smallest absolute Gasteiger partial charge is 0.548 e. The monoisotopic (exact) mass is 468 g/mol. The summed E-state index contributed by atoms with van der Waals surface area (Å²) in [4.78, 5) is 20.0. The Morgan fingerprint density at radius 1 is 0.842 bits per heavy atom. The van der Waals surface area contributed by atoms with Gasteiger partial charge in [0.05, 0.1) is 11.9 Å². The summed E-state index contributed by atoms with van der Waals surface area (Å²) >= 11 is 0. The first kappa shape index (κ1) is 23.8. The molecule has 0 aromatic heterocycles. The summed E-state index contributed by atoms with van der Waals surface area (Å²) in [7, 11) is 0. The van der Waals surface area contributed by atoms with Gasteiger partial charge < -0.3 is 31.3 Å². The summed E-state index contributed by atoms with van der Waals surface area (Å²) in [5.74, 6) is -1.69. The van der Waals surface area contributed by atoms with Gasteiger partial charge in [0, 0.05) is 12.1 Å². The van der Waals surface area contributed by atoms with E-state index in [1.54, 1.807) is 0 Å². The Bertz CT molecular complexity index is 234. The number of aliphatic carboxylic acids is 2. The number of carboxylic acids is 2. The topological polar surface area (TPSA) is 132 Å². The zero-order valence-electron chi connectivity index (χ0n) is 12.0. The minimum absolute atomic E-state index is 0. The van der Waals surface area contributed by atoms with Crippen LogP contribution in [0, 0.1) is 11.8 Å². The Balaban J connectivity index is -0.000000256. The molecule has 0 aliphatic heterocycles. The largest absolute Gasteiger partial charge is 2.00 e. The van der Waals surface area contributed by atoms with E-state index >= 15 is 0 Å². The number of nitrogens with two attached hydrogens (primary N) is 2. The van der Waals surface area contributed by atoms with Gasteiger partial charge in [0.2, 0.25) is 0 Å². The van der Waals surface area contributed by atoms with Gasteiger partial charge in [0.1, 0.15) is 0 Å². The summed E-state index contributed by atoms with van der Waals surface area (Å²) in [6, 6.07) is -1.60. The predicted molar refractivity (Wildman–Crippen MR) is 70.6 cm³/mol. The van der Waals surface area contributed by atoms with Crippen molar-refractivity contribution in [2.75, 3.05) is 0 Å². The quantitative estimate of drug-likeness (QED) is 0.428. The molecule has 0 saturated carbocycles. The predicted octanol–water partition coefficient (Wildman–Crippen LogP) is -2.16. The number of carbonyl (C=O) groups excluding carboxylic acids is 2. The van der Waals surface area contributed by atoms with Crippen LogP contribution in [0.15, 0.2) is 0 Å². The summed E-state index contributed by atoms with van der Waals surface area (Å²) in [5.41, 5.74) is 10.3. The van der Waals surface area contributed by atoms with E-state index in [1.807, 2.05) is 27.7 Å². The number of rotatable bonds is 6. The van der Waals surface area contributed by atoms with Gasteiger partial charge in [-0.3, -0.25) is 0 Å². The summed E-state index contributed by atoms with van der Waals surface area (Å²) in [6.45, 7) is 7.68. The molecule has 0 aliphatic rings. The van der Waals surface area contributed by atoms with Crippen molar-refractivity contribution in [3.63, 3.8) is 0 Å². The molecule has 0 fully saturated rings. The molecule has 0 amide bonds.